The van der Waals surface area contributed by atoms with Crippen LogP contribution in [0.15, 0.2) is 0 Å². The van der Waals surface area contributed by atoms with Gasteiger partial charge in [-0.3, -0.25) is 0 Å². The largest absolute Gasteiger partial charge is 0.444 e. The summed E-state index contributed by atoms with van der Waals surface area (Å²) in [6, 6.07) is 0. The van der Waals surface area contributed by atoms with E-state index in [2.05, 4.69) is 22.6 Å². The number of nitrogens with zero attached hydrogens (tertiary/aromatic N) is 1. The second kappa shape index (κ2) is 8.34. The summed E-state index contributed by atoms with van der Waals surface area (Å²) in [6.45, 7) is 8.29. The van der Waals surface area contributed by atoms with Gasteiger partial charge in [-0.25, -0.2) is 4.79 Å². The van der Waals surface area contributed by atoms with Crippen LogP contribution in [-0.2, 0) is 14.2 Å². The lowest BCUT2D eigenvalue weighted by Gasteiger charge is -2.42. The van der Waals surface area contributed by atoms with E-state index in [1.807, 2.05) is 20.8 Å². The van der Waals surface area contributed by atoms with E-state index in [1.54, 1.807) is 4.90 Å². The van der Waals surface area contributed by atoms with Gasteiger partial charge in [0.2, 0.25) is 0 Å². The molecule has 2 aliphatic rings. The van der Waals surface area contributed by atoms with E-state index in [0.717, 1.165) is 23.8 Å². The van der Waals surface area contributed by atoms with Crippen molar-refractivity contribution < 1.29 is 19.0 Å². The van der Waals surface area contributed by atoms with Gasteiger partial charge in [0, 0.05) is 11.0 Å². The number of amides is 1. The Morgan fingerprint density at radius 1 is 1.26 bits per heavy atom. The molecule has 0 spiro atoms. The Balaban J connectivity index is 1.80. The van der Waals surface area contributed by atoms with Gasteiger partial charge in [-0.1, -0.05) is 22.6 Å². The third kappa shape index (κ3) is 6.05. The molecular weight excluding hydrogens is 409 g/mol. The summed E-state index contributed by atoms with van der Waals surface area (Å²) in [5, 5.41) is 0. The van der Waals surface area contributed by atoms with E-state index in [9.17, 15) is 4.79 Å². The Hall–Kier alpha value is -0.0800. The highest BCUT2D eigenvalue weighted by atomic mass is 127. The van der Waals surface area contributed by atoms with E-state index in [4.69, 9.17) is 14.2 Å². The van der Waals surface area contributed by atoms with Crippen LogP contribution in [0.5, 0.6) is 0 Å². The van der Waals surface area contributed by atoms with Gasteiger partial charge >= 0.3 is 6.09 Å². The van der Waals surface area contributed by atoms with Crippen LogP contribution in [0, 0.1) is 0 Å². The molecule has 1 aliphatic heterocycles. The van der Waals surface area contributed by atoms with E-state index >= 15 is 0 Å². The van der Waals surface area contributed by atoms with Crippen LogP contribution in [0.3, 0.4) is 0 Å². The van der Waals surface area contributed by atoms with Gasteiger partial charge in [0.1, 0.15) is 5.60 Å². The minimum Gasteiger partial charge on any atom is -0.444 e. The number of alkyl halides is 1. The molecule has 5 nitrogen and oxygen atoms in total. The Morgan fingerprint density at radius 2 is 2.00 bits per heavy atom. The average Bonchev–Trinajstić information content (AvgIpc) is 2.43. The fraction of sp³-hybridized carbons (Fsp3) is 0.941. The van der Waals surface area contributed by atoms with E-state index < -0.39 is 5.60 Å². The number of carbonyl (C=O) groups is 1. The summed E-state index contributed by atoms with van der Waals surface area (Å²) in [5.41, 5.74) is -0.725. The van der Waals surface area contributed by atoms with E-state index in [1.165, 1.54) is 19.3 Å². The first-order valence-corrected chi connectivity index (χ1v) is 10.2. The Labute approximate surface area is 153 Å². The molecule has 2 fully saturated rings. The lowest BCUT2D eigenvalue weighted by molar-refractivity contribution is -0.102. The van der Waals surface area contributed by atoms with Crippen molar-refractivity contribution in [1.82, 2.24) is 4.90 Å². The standard InChI is InChI=1S/C17H30INO4/c1-16(2,3)23-15(20)19-9-5-8-17(12-18,13-19)22-11-10-21-14-6-4-7-14/h14H,4-13H2,1-3H3. The molecule has 1 heterocycles. The Morgan fingerprint density at radius 3 is 2.57 bits per heavy atom. The quantitative estimate of drug-likeness (QED) is 0.359. The van der Waals surface area contributed by atoms with Crippen molar-refractivity contribution in [1.29, 1.82) is 0 Å². The molecule has 2 rings (SSSR count). The average molecular weight is 439 g/mol. The topological polar surface area (TPSA) is 48.0 Å². The van der Waals surface area contributed by atoms with Gasteiger partial charge in [-0.15, -0.1) is 0 Å². The molecule has 1 saturated heterocycles. The molecule has 134 valence electrons. The van der Waals surface area contributed by atoms with Crippen LogP contribution in [-0.4, -0.2) is 59.0 Å². The van der Waals surface area contributed by atoms with Crippen LogP contribution in [0.4, 0.5) is 4.79 Å². The number of piperidine rings is 1. The van der Waals surface area contributed by atoms with Crippen molar-refractivity contribution in [2.45, 2.75) is 70.2 Å². The van der Waals surface area contributed by atoms with Gasteiger partial charge in [0.25, 0.3) is 0 Å². The van der Waals surface area contributed by atoms with Crippen molar-refractivity contribution >= 4 is 28.7 Å². The second-order valence-corrected chi connectivity index (χ2v) is 8.36. The number of rotatable bonds is 6. The van der Waals surface area contributed by atoms with Crippen LogP contribution in [0.1, 0.15) is 52.9 Å². The first kappa shape index (κ1) is 19.2. The first-order valence-electron chi connectivity index (χ1n) is 8.63. The minimum absolute atomic E-state index is 0.235. The molecule has 0 N–H and O–H groups in total. The van der Waals surface area contributed by atoms with E-state index in [0.29, 0.717) is 25.9 Å². The van der Waals surface area contributed by atoms with Gasteiger partial charge in [-0.05, 0) is 52.9 Å². The lowest BCUT2D eigenvalue weighted by Crippen LogP contribution is -2.54. The summed E-state index contributed by atoms with van der Waals surface area (Å²) in [6.07, 6.45) is 5.80. The SMILES string of the molecule is CC(C)(C)OC(=O)N1CCCC(CI)(OCCOC2CCC2)C1. The third-order valence-electron chi connectivity index (χ3n) is 4.33. The fourth-order valence-electron chi connectivity index (χ4n) is 2.86. The molecule has 1 atom stereocenters. The maximum atomic E-state index is 12.3. The van der Waals surface area contributed by atoms with Gasteiger partial charge < -0.3 is 19.1 Å². The van der Waals surface area contributed by atoms with Crippen LogP contribution < -0.4 is 0 Å². The highest BCUT2D eigenvalue weighted by Gasteiger charge is 2.38. The smallest absolute Gasteiger partial charge is 0.410 e. The van der Waals surface area contributed by atoms with Crippen LogP contribution in [0.25, 0.3) is 0 Å². The van der Waals surface area contributed by atoms with Gasteiger partial charge in [0.05, 0.1) is 31.5 Å². The van der Waals surface area contributed by atoms with Crippen LogP contribution >= 0.6 is 22.6 Å². The number of carbonyl (C=O) groups excluding carboxylic acids is 1. The van der Waals surface area contributed by atoms with Crippen molar-refractivity contribution in [2.24, 2.45) is 0 Å². The molecule has 0 bridgehead atoms. The molecule has 1 amide bonds. The number of hydrogen-bond donors (Lipinski definition) is 0. The number of likely N-dealkylation sites (tertiary alicyclic amines) is 1. The number of hydrogen-bond acceptors (Lipinski definition) is 4. The third-order valence-corrected chi connectivity index (χ3v) is 5.72. The summed E-state index contributed by atoms with van der Waals surface area (Å²) < 4.78 is 18.3. The summed E-state index contributed by atoms with van der Waals surface area (Å²) in [4.78, 5) is 14.1. The molecule has 1 aliphatic carbocycles. The van der Waals surface area contributed by atoms with Crippen molar-refractivity contribution in [3.8, 4) is 0 Å². The summed E-state index contributed by atoms with van der Waals surface area (Å²) in [5.74, 6) is 0. The number of ether oxygens (including phenoxy) is 3. The maximum absolute atomic E-state index is 12.3. The highest BCUT2D eigenvalue weighted by Crippen LogP contribution is 2.29. The number of halogens is 1. The Bertz CT molecular complexity index is 395. The zero-order valence-electron chi connectivity index (χ0n) is 14.6. The molecule has 23 heavy (non-hydrogen) atoms. The minimum atomic E-state index is -0.459. The molecule has 6 heteroatoms. The highest BCUT2D eigenvalue weighted by molar-refractivity contribution is 14.1. The molecule has 0 aromatic carbocycles. The van der Waals surface area contributed by atoms with Gasteiger partial charge in [0.15, 0.2) is 0 Å². The summed E-state index contributed by atoms with van der Waals surface area (Å²) >= 11 is 2.36. The zero-order valence-corrected chi connectivity index (χ0v) is 16.8. The molecule has 1 saturated carbocycles. The predicted octanol–water partition coefficient (Wildman–Crippen LogP) is 3.78. The Kier molecular flexibility index (Phi) is 6.98. The fourth-order valence-corrected chi connectivity index (χ4v) is 3.70. The molecule has 0 aromatic heterocycles. The van der Waals surface area contributed by atoms with Crippen molar-refractivity contribution in [3.05, 3.63) is 0 Å². The second-order valence-electron chi connectivity index (χ2n) is 7.59. The van der Waals surface area contributed by atoms with Crippen molar-refractivity contribution in [2.75, 3.05) is 30.7 Å². The summed E-state index contributed by atoms with van der Waals surface area (Å²) in [7, 11) is 0. The monoisotopic (exact) mass is 439 g/mol. The normalized spacial score (nSPS) is 26.0. The van der Waals surface area contributed by atoms with Crippen molar-refractivity contribution in [3.63, 3.8) is 0 Å². The predicted molar refractivity (Wildman–Crippen MR) is 98.2 cm³/mol. The lowest BCUT2D eigenvalue weighted by atomic mass is 9.95. The van der Waals surface area contributed by atoms with Gasteiger partial charge in [-0.2, -0.15) is 0 Å². The van der Waals surface area contributed by atoms with Crippen LogP contribution in [0.2, 0.25) is 0 Å². The molecule has 0 aromatic rings. The molecule has 1 unspecified atom stereocenters. The first-order chi connectivity index (χ1) is 10.8. The van der Waals surface area contributed by atoms with E-state index in [-0.39, 0.29) is 11.7 Å². The zero-order chi connectivity index (χ0) is 16.9. The molecular formula is C17H30INO4. The maximum Gasteiger partial charge on any atom is 0.410 e. The molecule has 0 radical (unpaired) electrons.